The van der Waals surface area contributed by atoms with E-state index in [1.165, 1.54) is 0 Å². The number of carbonyl (C=O) groups excluding carboxylic acids is 1. The molecular formula is C16H22N4O2S. The van der Waals surface area contributed by atoms with Crippen molar-refractivity contribution in [2.45, 2.75) is 39.3 Å². The summed E-state index contributed by atoms with van der Waals surface area (Å²) < 4.78 is 5.15. The van der Waals surface area contributed by atoms with Crippen molar-refractivity contribution in [2.24, 2.45) is 0 Å². The molecule has 2 N–H and O–H groups in total. The standard InChI is InChI=1S/C16H22N4O2S/c1-16(2,3)12-10-23-13(20-12)9-19-15(21)18-8-11-6-5-7-17-14(11)22-4/h5-7,10H,8-9H2,1-4H3,(H2,18,19,21). The van der Waals surface area contributed by atoms with Crippen molar-refractivity contribution in [1.29, 1.82) is 0 Å². The maximum Gasteiger partial charge on any atom is 0.315 e. The van der Waals surface area contributed by atoms with Gasteiger partial charge in [0, 0.05) is 29.1 Å². The SMILES string of the molecule is COc1ncccc1CNC(=O)NCc1nc(C(C)(C)C)cs1. The van der Waals surface area contributed by atoms with Crippen LogP contribution in [0, 0.1) is 0 Å². The van der Waals surface area contributed by atoms with Crippen LogP contribution in [0.5, 0.6) is 5.88 Å². The van der Waals surface area contributed by atoms with E-state index >= 15 is 0 Å². The molecule has 0 radical (unpaired) electrons. The van der Waals surface area contributed by atoms with Gasteiger partial charge in [-0.05, 0) is 6.07 Å². The molecule has 2 amide bonds. The number of aromatic nitrogens is 2. The van der Waals surface area contributed by atoms with Crippen LogP contribution in [-0.4, -0.2) is 23.1 Å². The molecule has 0 aliphatic carbocycles. The molecule has 0 spiro atoms. The van der Waals surface area contributed by atoms with Gasteiger partial charge in [0.05, 0.1) is 19.3 Å². The highest BCUT2D eigenvalue weighted by Crippen LogP contribution is 2.23. The summed E-state index contributed by atoms with van der Waals surface area (Å²) >= 11 is 1.56. The van der Waals surface area contributed by atoms with Gasteiger partial charge in [-0.25, -0.2) is 14.8 Å². The van der Waals surface area contributed by atoms with Crippen LogP contribution in [0.15, 0.2) is 23.7 Å². The van der Waals surface area contributed by atoms with E-state index in [0.717, 1.165) is 16.3 Å². The smallest absolute Gasteiger partial charge is 0.315 e. The Morgan fingerprint density at radius 1 is 1.30 bits per heavy atom. The van der Waals surface area contributed by atoms with Crippen molar-refractivity contribution < 1.29 is 9.53 Å². The van der Waals surface area contributed by atoms with Gasteiger partial charge in [-0.2, -0.15) is 0 Å². The highest BCUT2D eigenvalue weighted by atomic mass is 32.1. The highest BCUT2D eigenvalue weighted by molar-refractivity contribution is 7.09. The number of ether oxygens (including phenoxy) is 1. The van der Waals surface area contributed by atoms with E-state index in [9.17, 15) is 4.79 Å². The molecule has 0 aromatic carbocycles. The lowest BCUT2D eigenvalue weighted by Gasteiger charge is -2.14. The minimum absolute atomic E-state index is 0.0217. The lowest BCUT2D eigenvalue weighted by Crippen LogP contribution is -2.34. The molecule has 7 heteroatoms. The second kappa shape index (κ2) is 7.41. The van der Waals surface area contributed by atoms with Crippen LogP contribution in [0.3, 0.4) is 0 Å². The number of carbonyl (C=O) groups is 1. The van der Waals surface area contributed by atoms with Crippen LogP contribution in [0.4, 0.5) is 4.79 Å². The van der Waals surface area contributed by atoms with E-state index in [-0.39, 0.29) is 11.4 Å². The molecule has 2 aromatic heterocycles. The molecule has 0 fully saturated rings. The average Bonchev–Trinajstić information content (AvgIpc) is 3.00. The maximum absolute atomic E-state index is 11.9. The van der Waals surface area contributed by atoms with Gasteiger partial charge < -0.3 is 15.4 Å². The Morgan fingerprint density at radius 3 is 2.70 bits per heavy atom. The van der Waals surface area contributed by atoms with Gasteiger partial charge in [-0.3, -0.25) is 0 Å². The first-order valence-electron chi connectivity index (χ1n) is 7.34. The Bertz CT molecular complexity index is 664. The molecule has 0 aliphatic heterocycles. The van der Waals surface area contributed by atoms with Crippen LogP contribution in [0.1, 0.15) is 37.0 Å². The monoisotopic (exact) mass is 334 g/mol. The van der Waals surface area contributed by atoms with E-state index in [1.54, 1.807) is 30.7 Å². The van der Waals surface area contributed by atoms with Crippen molar-refractivity contribution in [2.75, 3.05) is 7.11 Å². The fourth-order valence-electron chi connectivity index (χ4n) is 1.87. The molecule has 2 aromatic rings. The zero-order chi connectivity index (χ0) is 16.9. The molecule has 0 aliphatic rings. The average molecular weight is 334 g/mol. The van der Waals surface area contributed by atoms with Gasteiger partial charge in [0.1, 0.15) is 5.01 Å². The number of methoxy groups -OCH3 is 1. The summed E-state index contributed by atoms with van der Waals surface area (Å²) in [7, 11) is 1.56. The van der Waals surface area contributed by atoms with Crippen molar-refractivity contribution >= 4 is 17.4 Å². The molecule has 2 heterocycles. The topological polar surface area (TPSA) is 76.1 Å². The molecule has 23 heavy (non-hydrogen) atoms. The van der Waals surface area contributed by atoms with E-state index in [2.05, 4.69) is 41.4 Å². The van der Waals surface area contributed by atoms with Crippen molar-refractivity contribution in [3.05, 3.63) is 40.0 Å². The Hall–Kier alpha value is -2.15. The third kappa shape index (κ3) is 4.92. The Balaban J connectivity index is 1.82. The van der Waals surface area contributed by atoms with E-state index in [1.807, 2.05) is 11.4 Å². The highest BCUT2D eigenvalue weighted by Gasteiger charge is 2.17. The summed E-state index contributed by atoms with van der Waals surface area (Å²) in [5, 5.41) is 8.53. The van der Waals surface area contributed by atoms with Crippen molar-refractivity contribution in [3.63, 3.8) is 0 Å². The lowest BCUT2D eigenvalue weighted by molar-refractivity contribution is 0.240. The minimum atomic E-state index is -0.247. The van der Waals surface area contributed by atoms with Crippen LogP contribution in [-0.2, 0) is 18.5 Å². The predicted molar refractivity (Wildman–Crippen MR) is 90.7 cm³/mol. The Labute approximate surface area is 140 Å². The van der Waals surface area contributed by atoms with Crippen LogP contribution in [0.25, 0.3) is 0 Å². The number of urea groups is 1. The lowest BCUT2D eigenvalue weighted by atomic mass is 9.93. The summed E-state index contributed by atoms with van der Waals surface area (Å²) in [4.78, 5) is 20.5. The van der Waals surface area contributed by atoms with Gasteiger partial charge in [0.15, 0.2) is 0 Å². The number of rotatable bonds is 5. The third-order valence-electron chi connectivity index (χ3n) is 3.20. The molecule has 124 valence electrons. The number of nitrogens with one attached hydrogen (secondary N) is 2. The molecule has 0 bridgehead atoms. The normalized spacial score (nSPS) is 11.1. The number of hydrogen-bond donors (Lipinski definition) is 2. The fraction of sp³-hybridized carbons (Fsp3) is 0.438. The Kier molecular flexibility index (Phi) is 5.54. The summed E-state index contributed by atoms with van der Waals surface area (Å²) in [5.41, 5.74) is 1.89. The molecule has 0 saturated heterocycles. The van der Waals surface area contributed by atoms with Crippen LogP contribution in [0.2, 0.25) is 0 Å². The minimum Gasteiger partial charge on any atom is -0.481 e. The third-order valence-corrected chi connectivity index (χ3v) is 4.05. The zero-order valence-electron chi connectivity index (χ0n) is 13.8. The second-order valence-corrected chi connectivity index (χ2v) is 7.03. The second-order valence-electron chi connectivity index (χ2n) is 6.08. The van der Waals surface area contributed by atoms with E-state index < -0.39 is 0 Å². The number of nitrogens with zero attached hydrogens (tertiary/aromatic N) is 2. The van der Waals surface area contributed by atoms with Gasteiger partial charge in [-0.15, -0.1) is 11.3 Å². The van der Waals surface area contributed by atoms with E-state index in [0.29, 0.717) is 19.0 Å². The summed E-state index contributed by atoms with van der Waals surface area (Å²) in [6.07, 6.45) is 1.65. The van der Waals surface area contributed by atoms with E-state index in [4.69, 9.17) is 4.74 Å². The van der Waals surface area contributed by atoms with Crippen LogP contribution < -0.4 is 15.4 Å². The molecule has 2 rings (SSSR count). The van der Waals surface area contributed by atoms with Gasteiger partial charge in [0.2, 0.25) is 5.88 Å². The first-order chi connectivity index (χ1) is 10.9. The molecule has 6 nitrogen and oxygen atoms in total. The van der Waals surface area contributed by atoms with Crippen molar-refractivity contribution in [3.8, 4) is 5.88 Å². The van der Waals surface area contributed by atoms with Crippen LogP contribution >= 0.6 is 11.3 Å². The van der Waals surface area contributed by atoms with Gasteiger partial charge in [0.25, 0.3) is 0 Å². The number of hydrogen-bond acceptors (Lipinski definition) is 5. The molecular weight excluding hydrogens is 312 g/mol. The number of pyridine rings is 1. The van der Waals surface area contributed by atoms with Gasteiger partial charge in [-0.1, -0.05) is 26.8 Å². The Morgan fingerprint density at radius 2 is 2.04 bits per heavy atom. The maximum atomic E-state index is 11.9. The molecule has 0 atom stereocenters. The largest absolute Gasteiger partial charge is 0.481 e. The summed E-state index contributed by atoms with van der Waals surface area (Å²) in [6, 6.07) is 3.42. The first kappa shape index (κ1) is 17.2. The quantitative estimate of drug-likeness (QED) is 0.881. The molecule has 0 unspecified atom stereocenters. The predicted octanol–water partition coefficient (Wildman–Crippen LogP) is 2.84. The summed E-state index contributed by atoms with van der Waals surface area (Å²) in [6.45, 7) is 7.12. The van der Waals surface area contributed by atoms with Gasteiger partial charge >= 0.3 is 6.03 Å². The first-order valence-corrected chi connectivity index (χ1v) is 8.22. The number of amides is 2. The van der Waals surface area contributed by atoms with Crippen molar-refractivity contribution in [1.82, 2.24) is 20.6 Å². The summed E-state index contributed by atoms with van der Waals surface area (Å²) in [5.74, 6) is 0.516. The zero-order valence-corrected chi connectivity index (χ0v) is 14.7. The molecule has 0 saturated carbocycles. The fourth-order valence-corrected chi connectivity index (χ4v) is 2.83. The number of thiazole rings is 1.